The van der Waals surface area contributed by atoms with Gasteiger partial charge < -0.3 is 23.5 Å². The van der Waals surface area contributed by atoms with Gasteiger partial charge in [0.2, 0.25) is 6.79 Å². The number of aromatic nitrogens is 2. The topological polar surface area (TPSA) is 79.1 Å². The molecule has 1 aliphatic heterocycles. The van der Waals surface area contributed by atoms with Gasteiger partial charge in [-0.1, -0.05) is 5.16 Å². The van der Waals surface area contributed by atoms with Crippen molar-refractivity contribution in [3.63, 3.8) is 0 Å². The van der Waals surface area contributed by atoms with Gasteiger partial charge in [-0.2, -0.15) is 13.8 Å². The van der Waals surface area contributed by atoms with Crippen molar-refractivity contribution in [1.29, 1.82) is 0 Å². The normalized spacial score (nSPS) is 13.0. The molecule has 0 aliphatic carbocycles. The van der Waals surface area contributed by atoms with Gasteiger partial charge in [0.25, 0.3) is 5.89 Å². The largest absolute Gasteiger partial charge is 0.454 e. The Morgan fingerprint density at radius 3 is 2.72 bits per heavy atom. The number of hydrogen-bond donors (Lipinski definition) is 0. The van der Waals surface area contributed by atoms with Crippen LogP contribution in [0.25, 0.3) is 0 Å². The van der Waals surface area contributed by atoms with Gasteiger partial charge >= 0.3 is 6.61 Å². The summed E-state index contributed by atoms with van der Waals surface area (Å²) in [6, 6.07) is 3.03. The van der Waals surface area contributed by atoms with Gasteiger partial charge in [-0.3, -0.25) is 4.90 Å². The van der Waals surface area contributed by atoms with E-state index in [9.17, 15) is 8.78 Å². The predicted octanol–water partition coefficient (Wildman–Crippen LogP) is 2.18. The van der Waals surface area contributed by atoms with Crippen LogP contribution in [0, 0.1) is 0 Å². The summed E-state index contributed by atoms with van der Waals surface area (Å²) in [4.78, 5) is 6.00. The zero-order valence-electron chi connectivity index (χ0n) is 13.7. The summed E-state index contributed by atoms with van der Waals surface area (Å²) in [5, 5.41) is 3.84. The molecule has 0 fully saturated rings. The number of ether oxygens (including phenoxy) is 4. The van der Waals surface area contributed by atoms with Gasteiger partial charge in [-0.05, 0) is 13.1 Å². The van der Waals surface area contributed by atoms with Crippen LogP contribution in [-0.2, 0) is 24.4 Å². The van der Waals surface area contributed by atoms with E-state index in [4.69, 9.17) is 18.7 Å². The van der Waals surface area contributed by atoms with Gasteiger partial charge in [0, 0.05) is 25.3 Å². The van der Waals surface area contributed by atoms with Crippen molar-refractivity contribution in [2.24, 2.45) is 0 Å². The second-order valence-corrected chi connectivity index (χ2v) is 5.40. The van der Waals surface area contributed by atoms with Crippen LogP contribution in [0.5, 0.6) is 17.2 Å². The van der Waals surface area contributed by atoms with Crippen LogP contribution in [-0.4, -0.2) is 42.6 Å². The third-order valence-corrected chi connectivity index (χ3v) is 3.40. The first-order chi connectivity index (χ1) is 12.0. The molecule has 1 aromatic carbocycles. The first kappa shape index (κ1) is 17.4. The van der Waals surface area contributed by atoms with Gasteiger partial charge in [-0.25, -0.2) is 0 Å². The van der Waals surface area contributed by atoms with Crippen molar-refractivity contribution in [2.45, 2.75) is 26.3 Å². The Kier molecular flexibility index (Phi) is 5.29. The summed E-state index contributed by atoms with van der Waals surface area (Å²) < 4.78 is 50.3. The van der Waals surface area contributed by atoms with E-state index < -0.39 is 6.61 Å². The summed E-state index contributed by atoms with van der Waals surface area (Å²) in [6.45, 7) is -1.99. The van der Waals surface area contributed by atoms with Gasteiger partial charge in [-0.15, -0.1) is 0 Å². The van der Waals surface area contributed by atoms with E-state index in [2.05, 4.69) is 14.9 Å². The van der Waals surface area contributed by atoms with Crippen LogP contribution in [0.4, 0.5) is 8.78 Å². The van der Waals surface area contributed by atoms with E-state index in [1.54, 1.807) is 13.1 Å². The standard InChI is InChI=1S/C15H17F2N3O5/c1-20(6-13-18-14(7-21-2)25-19-13)5-9-3-11-12(23-8-22-11)4-10(9)24-15(16)17/h3-4,15H,5-8H2,1-2H3. The van der Waals surface area contributed by atoms with E-state index in [0.29, 0.717) is 41.9 Å². The van der Waals surface area contributed by atoms with E-state index in [-0.39, 0.29) is 19.1 Å². The van der Waals surface area contributed by atoms with Gasteiger partial charge in [0.1, 0.15) is 12.4 Å². The number of halogens is 2. The quantitative estimate of drug-likeness (QED) is 0.711. The Bertz CT molecular complexity index is 725. The Morgan fingerprint density at radius 1 is 1.24 bits per heavy atom. The summed E-state index contributed by atoms with van der Waals surface area (Å²) in [6.07, 6.45) is 0. The molecule has 3 rings (SSSR count). The molecule has 1 aliphatic rings. The molecule has 136 valence electrons. The van der Waals surface area contributed by atoms with E-state index >= 15 is 0 Å². The highest BCUT2D eigenvalue weighted by Gasteiger charge is 2.21. The maximum atomic E-state index is 12.7. The lowest BCUT2D eigenvalue weighted by atomic mass is 10.1. The number of benzene rings is 1. The van der Waals surface area contributed by atoms with Crippen LogP contribution in [0.2, 0.25) is 0 Å². The molecule has 1 aromatic heterocycles. The fraction of sp³-hybridized carbons (Fsp3) is 0.467. The van der Waals surface area contributed by atoms with Crippen molar-refractivity contribution < 1.29 is 32.3 Å². The van der Waals surface area contributed by atoms with Crippen molar-refractivity contribution in [3.8, 4) is 17.2 Å². The van der Waals surface area contributed by atoms with Gasteiger partial charge in [0.05, 0.1) is 6.54 Å². The molecule has 0 amide bonds. The molecule has 0 saturated heterocycles. The van der Waals surface area contributed by atoms with Crippen molar-refractivity contribution in [3.05, 3.63) is 29.4 Å². The highest BCUT2D eigenvalue weighted by molar-refractivity contribution is 5.51. The highest BCUT2D eigenvalue weighted by atomic mass is 19.3. The summed E-state index contributed by atoms with van der Waals surface area (Å²) in [5.74, 6) is 1.75. The lowest BCUT2D eigenvalue weighted by molar-refractivity contribution is -0.0508. The minimum absolute atomic E-state index is 0.0410. The molecular weight excluding hydrogens is 340 g/mol. The van der Waals surface area contributed by atoms with Crippen molar-refractivity contribution >= 4 is 0 Å². The minimum Gasteiger partial charge on any atom is -0.454 e. The molecule has 0 atom stereocenters. The second kappa shape index (κ2) is 7.62. The third kappa shape index (κ3) is 4.34. The average Bonchev–Trinajstić information content (AvgIpc) is 3.16. The van der Waals surface area contributed by atoms with E-state index in [1.165, 1.54) is 13.2 Å². The van der Waals surface area contributed by atoms with E-state index in [1.807, 2.05) is 4.90 Å². The van der Waals surface area contributed by atoms with Crippen LogP contribution < -0.4 is 14.2 Å². The molecule has 0 radical (unpaired) electrons. The van der Waals surface area contributed by atoms with Crippen LogP contribution in [0.15, 0.2) is 16.7 Å². The van der Waals surface area contributed by atoms with Crippen molar-refractivity contribution in [2.75, 3.05) is 21.0 Å². The Hall–Kier alpha value is -2.46. The molecule has 0 N–H and O–H groups in total. The second-order valence-electron chi connectivity index (χ2n) is 5.40. The molecule has 0 bridgehead atoms. The van der Waals surface area contributed by atoms with Crippen LogP contribution in [0.1, 0.15) is 17.3 Å². The molecule has 0 spiro atoms. The smallest absolute Gasteiger partial charge is 0.387 e. The van der Waals surface area contributed by atoms with Crippen molar-refractivity contribution in [1.82, 2.24) is 15.0 Å². The lowest BCUT2D eigenvalue weighted by Gasteiger charge is -2.18. The summed E-state index contributed by atoms with van der Waals surface area (Å²) in [7, 11) is 3.32. The first-order valence-corrected chi connectivity index (χ1v) is 7.41. The Labute approximate surface area is 142 Å². The fourth-order valence-electron chi connectivity index (χ4n) is 2.42. The first-order valence-electron chi connectivity index (χ1n) is 7.41. The maximum Gasteiger partial charge on any atom is 0.387 e. The minimum atomic E-state index is -2.93. The molecule has 8 nitrogen and oxygen atoms in total. The van der Waals surface area contributed by atoms with Gasteiger partial charge in [0.15, 0.2) is 17.3 Å². The SMILES string of the molecule is COCc1nc(CN(C)Cc2cc3c(cc2OC(F)F)OCO3)no1. The molecular formula is C15H17F2N3O5. The predicted molar refractivity (Wildman–Crippen MR) is 79.4 cm³/mol. The fourth-order valence-corrected chi connectivity index (χ4v) is 2.42. The molecule has 0 unspecified atom stereocenters. The third-order valence-electron chi connectivity index (χ3n) is 3.40. The lowest BCUT2D eigenvalue weighted by Crippen LogP contribution is -2.19. The number of fused-ring (bicyclic) bond motifs is 1. The average molecular weight is 357 g/mol. The maximum absolute atomic E-state index is 12.7. The zero-order valence-corrected chi connectivity index (χ0v) is 13.7. The number of hydrogen-bond acceptors (Lipinski definition) is 8. The Morgan fingerprint density at radius 2 is 2.00 bits per heavy atom. The van der Waals surface area contributed by atoms with Crippen LogP contribution >= 0.6 is 0 Å². The highest BCUT2D eigenvalue weighted by Crippen LogP contribution is 2.39. The zero-order chi connectivity index (χ0) is 17.8. The number of methoxy groups -OCH3 is 1. The number of alkyl halides is 2. The summed E-state index contributed by atoms with van der Waals surface area (Å²) in [5.41, 5.74) is 0.535. The monoisotopic (exact) mass is 357 g/mol. The molecule has 2 aromatic rings. The number of rotatable bonds is 8. The molecule has 0 saturated carbocycles. The molecule has 2 heterocycles. The summed E-state index contributed by atoms with van der Waals surface area (Å²) >= 11 is 0. The van der Waals surface area contributed by atoms with Crippen LogP contribution in [0.3, 0.4) is 0 Å². The number of nitrogens with zero attached hydrogens (tertiary/aromatic N) is 3. The molecule has 25 heavy (non-hydrogen) atoms. The Balaban J connectivity index is 1.71. The van der Waals surface area contributed by atoms with E-state index in [0.717, 1.165) is 0 Å². The molecule has 10 heteroatoms.